The molecule has 0 bridgehead atoms. The predicted molar refractivity (Wildman–Crippen MR) is 128 cm³/mol. The second kappa shape index (κ2) is 8.87. The highest BCUT2D eigenvalue weighted by molar-refractivity contribution is 5.99. The second-order valence-corrected chi connectivity index (χ2v) is 8.44. The van der Waals surface area contributed by atoms with E-state index in [0.29, 0.717) is 5.56 Å². The SMILES string of the molecule is Cn1ccnc1[C@H](NC(=O)CCC(=O)c1ccc2c(c1)-c1ccccc1C2)c1ccccc1. The van der Waals surface area contributed by atoms with Crippen LogP contribution in [0.5, 0.6) is 0 Å². The Morgan fingerprint density at radius 3 is 2.48 bits per heavy atom. The summed E-state index contributed by atoms with van der Waals surface area (Å²) in [5.74, 6) is 0.551. The first-order valence-electron chi connectivity index (χ1n) is 11.2. The lowest BCUT2D eigenvalue weighted by molar-refractivity contribution is -0.121. The monoisotopic (exact) mass is 435 g/mol. The van der Waals surface area contributed by atoms with Crippen molar-refractivity contribution in [2.45, 2.75) is 25.3 Å². The average Bonchev–Trinajstić information content (AvgIpc) is 3.44. The maximum Gasteiger partial charge on any atom is 0.221 e. The van der Waals surface area contributed by atoms with Crippen LogP contribution in [0, 0.1) is 0 Å². The highest BCUT2D eigenvalue weighted by atomic mass is 16.2. The van der Waals surface area contributed by atoms with Gasteiger partial charge in [0.05, 0.1) is 0 Å². The van der Waals surface area contributed by atoms with Gasteiger partial charge < -0.3 is 9.88 Å². The van der Waals surface area contributed by atoms with Gasteiger partial charge in [-0.2, -0.15) is 0 Å². The topological polar surface area (TPSA) is 64.0 Å². The minimum absolute atomic E-state index is 0.0226. The number of amides is 1. The molecule has 4 aromatic rings. The Balaban J connectivity index is 1.28. The quantitative estimate of drug-likeness (QED) is 0.371. The average molecular weight is 436 g/mol. The maximum absolute atomic E-state index is 12.9. The summed E-state index contributed by atoms with van der Waals surface area (Å²) < 4.78 is 1.89. The highest BCUT2D eigenvalue weighted by Gasteiger charge is 2.22. The number of nitrogens with zero attached hydrogens (tertiary/aromatic N) is 2. The zero-order valence-corrected chi connectivity index (χ0v) is 18.5. The standard InChI is InChI=1S/C28H25N3O2/c1-31-16-15-29-28(31)27(19-7-3-2-4-8-19)30-26(33)14-13-25(32)22-12-11-21-17-20-9-5-6-10-23(20)24(21)18-22/h2-12,15-16,18,27H,13-14,17H2,1H3,(H,30,33)/t27-/m1/s1. The molecule has 0 saturated carbocycles. The summed E-state index contributed by atoms with van der Waals surface area (Å²) in [6.45, 7) is 0. The molecule has 1 amide bonds. The van der Waals surface area contributed by atoms with Crippen LogP contribution in [0.2, 0.25) is 0 Å². The number of nitrogens with one attached hydrogen (secondary N) is 1. The molecule has 1 heterocycles. The Morgan fingerprint density at radius 2 is 1.70 bits per heavy atom. The number of hydrogen-bond donors (Lipinski definition) is 1. The molecule has 1 N–H and O–H groups in total. The molecule has 0 radical (unpaired) electrons. The summed E-state index contributed by atoms with van der Waals surface area (Å²) in [5.41, 5.74) is 6.45. The summed E-state index contributed by atoms with van der Waals surface area (Å²) in [4.78, 5) is 30.1. The number of aryl methyl sites for hydroxylation is 1. The van der Waals surface area contributed by atoms with E-state index >= 15 is 0 Å². The number of imidazole rings is 1. The van der Waals surface area contributed by atoms with Gasteiger partial charge >= 0.3 is 0 Å². The number of rotatable bonds is 7. The second-order valence-electron chi connectivity index (χ2n) is 8.44. The van der Waals surface area contributed by atoms with Gasteiger partial charge in [-0.1, -0.05) is 66.7 Å². The Morgan fingerprint density at radius 1 is 0.939 bits per heavy atom. The van der Waals surface area contributed by atoms with Crippen molar-refractivity contribution in [2.24, 2.45) is 7.05 Å². The number of aromatic nitrogens is 2. The van der Waals surface area contributed by atoms with Crippen molar-refractivity contribution < 1.29 is 9.59 Å². The van der Waals surface area contributed by atoms with Crippen LogP contribution in [-0.4, -0.2) is 21.2 Å². The summed E-state index contributed by atoms with van der Waals surface area (Å²) in [7, 11) is 1.90. The lowest BCUT2D eigenvalue weighted by atomic mass is 9.99. The van der Waals surface area contributed by atoms with Gasteiger partial charge in [0.25, 0.3) is 0 Å². The Hall–Kier alpha value is -3.99. The van der Waals surface area contributed by atoms with E-state index in [1.165, 1.54) is 16.7 Å². The number of carbonyl (C=O) groups is 2. The molecule has 1 aliphatic carbocycles. The molecular formula is C28H25N3O2. The van der Waals surface area contributed by atoms with Gasteiger partial charge in [0.2, 0.25) is 5.91 Å². The first-order valence-corrected chi connectivity index (χ1v) is 11.2. The summed E-state index contributed by atoms with van der Waals surface area (Å²) in [5, 5.41) is 3.06. The Kier molecular flexibility index (Phi) is 5.61. The lowest BCUT2D eigenvalue weighted by Crippen LogP contribution is -2.31. The number of Topliss-reactive ketones (excluding diaryl/α,β-unsaturated/α-hetero) is 1. The minimum atomic E-state index is -0.370. The van der Waals surface area contributed by atoms with Crippen LogP contribution in [0.15, 0.2) is 85.2 Å². The van der Waals surface area contributed by atoms with E-state index in [1.807, 2.05) is 78.5 Å². The van der Waals surface area contributed by atoms with E-state index in [4.69, 9.17) is 0 Å². The van der Waals surface area contributed by atoms with E-state index in [1.54, 1.807) is 6.20 Å². The molecule has 3 aromatic carbocycles. The van der Waals surface area contributed by atoms with Gasteiger partial charge in [0.1, 0.15) is 11.9 Å². The van der Waals surface area contributed by atoms with Crippen molar-refractivity contribution in [3.05, 3.63) is 113 Å². The van der Waals surface area contributed by atoms with Crippen LogP contribution in [0.25, 0.3) is 11.1 Å². The fourth-order valence-corrected chi connectivity index (χ4v) is 4.50. The third-order valence-corrected chi connectivity index (χ3v) is 6.25. The molecular weight excluding hydrogens is 410 g/mol. The van der Waals surface area contributed by atoms with E-state index in [0.717, 1.165) is 23.4 Å². The van der Waals surface area contributed by atoms with Crippen molar-refractivity contribution in [3.63, 3.8) is 0 Å². The molecule has 33 heavy (non-hydrogen) atoms. The summed E-state index contributed by atoms with van der Waals surface area (Å²) in [6.07, 6.45) is 4.75. The molecule has 164 valence electrons. The normalized spacial score (nSPS) is 12.6. The minimum Gasteiger partial charge on any atom is -0.342 e. The summed E-state index contributed by atoms with van der Waals surface area (Å²) >= 11 is 0. The van der Waals surface area contributed by atoms with Crippen molar-refractivity contribution in [2.75, 3.05) is 0 Å². The largest absolute Gasteiger partial charge is 0.342 e. The van der Waals surface area contributed by atoms with Gasteiger partial charge in [0, 0.05) is 37.8 Å². The molecule has 0 fully saturated rings. The van der Waals surface area contributed by atoms with Crippen LogP contribution in [-0.2, 0) is 18.3 Å². The third-order valence-electron chi connectivity index (χ3n) is 6.25. The molecule has 0 saturated heterocycles. The van der Waals surface area contributed by atoms with Crippen molar-refractivity contribution in [1.82, 2.24) is 14.9 Å². The summed E-state index contributed by atoms with van der Waals surface area (Å²) in [6, 6.07) is 23.6. The van der Waals surface area contributed by atoms with Gasteiger partial charge in [-0.25, -0.2) is 4.98 Å². The van der Waals surface area contributed by atoms with Gasteiger partial charge in [-0.3, -0.25) is 9.59 Å². The van der Waals surface area contributed by atoms with E-state index in [-0.39, 0.29) is 30.6 Å². The number of hydrogen-bond acceptors (Lipinski definition) is 3. The van der Waals surface area contributed by atoms with Crippen LogP contribution in [0.4, 0.5) is 0 Å². The van der Waals surface area contributed by atoms with Crippen LogP contribution in [0.3, 0.4) is 0 Å². The van der Waals surface area contributed by atoms with E-state index in [9.17, 15) is 9.59 Å². The zero-order chi connectivity index (χ0) is 22.8. The van der Waals surface area contributed by atoms with Crippen LogP contribution >= 0.6 is 0 Å². The molecule has 0 spiro atoms. The number of fused-ring (bicyclic) bond motifs is 3. The molecule has 0 aliphatic heterocycles. The third kappa shape index (κ3) is 4.22. The number of benzene rings is 3. The fourth-order valence-electron chi connectivity index (χ4n) is 4.50. The van der Waals surface area contributed by atoms with Gasteiger partial charge in [0.15, 0.2) is 5.78 Å². The molecule has 1 aliphatic rings. The van der Waals surface area contributed by atoms with Crippen molar-refractivity contribution >= 4 is 11.7 Å². The van der Waals surface area contributed by atoms with Crippen molar-refractivity contribution in [1.29, 1.82) is 0 Å². The molecule has 5 rings (SSSR count). The number of ketones is 1. The van der Waals surface area contributed by atoms with E-state index < -0.39 is 0 Å². The Bertz CT molecular complexity index is 1320. The highest BCUT2D eigenvalue weighted by Crippen LogP contribution is 2.37. The van der Waals surface area contributed by atoms with Gasteiger partial charge in [-0.15, -0.1) is 0 Å². The Labute approximate surface area is 193 Å². The predicted octanol–water partition coefficient (Wildman–Crippen LogP) is 4.86. The zero-order valence-electron chi connectivity index (χ0n) is 18.5. The number of carbonyl (C=O) groups excluding carboxylic acids is 2. The maximum atomic E-state index is 12.9. The van der Waals surface area contributed by atoms with Crippen LogP contribution < -0.4 is 5.32 Å². The van der Waals surface area contributed by atoms with Crippen LogP contribution in [0.1, 0.15) is 51.8 Å². The lowest BCUT2D eigenvalue weighted by Gasteiger charge is -2.19. The van der Waals surface area contributed by atoms with Gasteiger partial charge in [-0.05, 0) is 40.3 Å². The molecule has 1 atom stereocenters. The van der Waals surface area contributed by atoms with Crippen molar-refractivity contribution in [3.8, 4) is 11.1 Å². The molecule has 1 aromatic heterocycles. The fraction of sp³-hybridized carbons (Fsp3) is 0.179. The smallest absolute Gasteiger partial charge is 0.221 e. The molecule has 5 heteroatoms. The van der Waals surface area contributed by atoms with E-state index in [2.05, 4.69) is 22.4 Å². The first kappa shape index (κ1) is 20.9. The first-order chi connectivity index (χ1) is 16.1. The molecule has 5 nitrogen and oxygen atoms in total. The molecule has 0 unspecified atom stereocenters.